The van der Waals surface area contributed by atoms with Crippen LogP contribution in [0.4, 0.5) is 5.69 Å². The third-order valence-electron chi connectivity index (χ3n) is 2.85. The highest BCUT2D eigenvalue weighted by Gasteiger charge is 2.06. The number of carbonyl (C=O) groups is 1. The first-order valence-electron chi connectivity index (χ1n) is 6.34. The Hall–Kier alpha value is -2.30. The number of benzene rings is 1. The van der Waals surface area contributed by atoms with Crippen LogP contribution in [0.15, 0.2) is 36.7 Å². The van der Waals surface area contributed by atoms with Gasteiger partial charge >= 0.3 is 0 Å². The number of nitrogen functional groups attached to an aromatic ring is 1. The number of aryl methyl sites for hydroxylation is 1. The zero-order valence-corrected chi connectivity index (χ0v) is 11.0. The molecule has 0 bridgehead atoms. The number of carbonyl (C=O) groups excluding carboxylic acids is 1. The van der Waals surface area contributed by atoms with Crippen LogP contribution in [0.2, 0.25) is 0 Å². The Morgan fingerprint density at radius 3 is 2.95 bits per heavy atom. The van der Waals surface area contributed by atoms with Crippen molar-refractivity contribution in [1.29, 1.82) is 0 Å². The van der Waals surface area contributed by atoms with Crippen molar-refractivity contribution in [3.8, 4) is 11.1 Å². The van der Waals surface area contributed by atoms with Crippen molar-refractivity contribution in [3.05, 3.63) is 36.7 Å². The summed E-state index contributed by atoms with van der Waals surface area (Å²) in [5, 5.41) is 7.01. The molecule has 0 saturated carbocycles. The summed E-state index contributed by atoms with van der Waals surface area (Å²) in [7, 11) is 0. The van der Waals surface area contributed by atoms with Crippen molar-refractivity contribution < 1.29 is 4.79 Å². The number of amides is 1. The van der Waals surface area contributed by atoms with Crippen LogP contribution in [-0.4, -0.2) is 22.2 Å². The standard InChI is InChI=1S/C14H18N4O/c1-2-16-14(19)7-8-18-10-11(9-17-18)12-5-3-4-6-13(12)15/h3-6,9-10H,2,7-8,15H2,1H3,(H,16,19). The summed E-state index contributed by atoms with van der Waals surface area (Å²) in [6.07, 6.45) is 4.10. The Labute approximate surface area is 112 Å². The van der Waals surface area contributed by atoms with E-state index in [1.54, 1.807) is 10.9 Å². The Morgan fingerprint density at radius 1 is 1.42 bits per heavy atom. The monoisotopic (exact) mass is 258 g/mol. The third-order valence-corrected chi connectivity index (χ3v) is 2.85. The molecule has 5 nitrogen and oxygen atoms in total. The fraction of sp³-hybridized carbons (Fsp3) is 0.286. The molecule has 5 heteroatoms. The number of rotatable bonds is 5. The molecule has 1 aromatic carbocycles. The van der Waals surface area contributed by atoms with Crippen molar-refractivity contribution in [2.45, 2.75) is 19.9 Å². The smallest absolute Gasteiger partial charge is 0.221 e. The van der Waals surface area contributed by atoms with Gasteiger partial charge in [-0.05, 0) is 13.0 Å². The molecule has 0 saturated heterocycles. The van der Waals surface area contributed by atoms with Crippen molar-refractivity contribution in [3.63, 3.8) is 0 Å². The average molecular weight is 258 g/mol. The van der Waals surface area contributed by atoms with Crippen LogP contribution in [0.5, 0.6) is 0 Å². The van der Waals surface area contributed by atoms with E-state index in [4.69, 9.17) is 5.73 Å². The minimum absolute atomic E-state index is 0.0405. The van der Waals surface area contributed by atoms with E-state index in [0.29, 0.717) is 19.5 Å². The highest BCUT2D eigenvalue weighted by Crippen LogP contribution is 2.24. The molecule has 1 amide bonds. The number of nitrogens with one attached hydrogen (secondary N) is 1. The lowest BCUT2D eigenvalue weighted by Gasteiger charge is -2.03. The van der Waals surface area contributed by atoms with Crippen LogP contribution in [0.1, 0.15) is 13.3 Å². The minimum atomic E-state index is 0.0405. The van der Waals surface area contributed by atoms with Crippen molar-refractivity contribution >= 4 is 11.6 Å². The van der Waals surface area contributed by atoms with Gasteiger partial charge in [-0.25, -0.2) is 0 Å². The summed E-state index contributed by atoms with van der Waals surface area (Å²) in [5.74, 6) is 0.0405. The summed E-state index contributed by atoms with van der Waals surface area (Å²) >= 11 is 0. The second-order valence-corrected chi connectivity index (χ2v) is 4.28. The van der Waals surface area contributed by atoms with E-state index in [-0.39, 0.29) is 5.91 Å². The molecule has 0 unspecified atom stereocenters. The molecule has 0 aliphatic heterocycles. The molecule has 0 atom stereocenters. The lowest BCUT2D eigenvalue weighted by molar-refractivity contribution is -0.121. The summed E-state index contributed by atoms with van der Waals surface area (Å²) < 4.78 is 1.76. The van der Waals surface area contributed by atoms with Gasteiger partial charge in [-0.1, -0.05) is 18.2 Å². The van der Waals surface area contributed by atoms with Gasteiger partial charge in [0.15, 0.2) is 0 Å². The van der Waals surface area contributed by atoms with Crippen LogP contribution in [0.3, 0.4) is 0 Å². The summed E-state index contributed by atoms with van der Waals surface area (Å²) in [6, 6.07) is 7.66. The molecule has 3 N–H and O–H groups in total. The maximum atomic E-state index is 11.4. The van der Waals surface area contributed by atoms with Crippen LogP contribution in [0.25, 0.3) is 11.1 Å². The average Bonchev–Trinajstić information content (AvgIpc) is 2.86. The molecular formula is C14H18N4O. The highest BCUT2D eigenvalue weighted by molar-refractivity contribution is 5.76. The molecule has 0 aliphatic carbocycles. The molecule has 2 aromatic rings. The van der Waals surface area contributed by atoms with E-state index >= 15 is 0 Å². The van der Waals surface area contributed by atoms with Crippen molar-refractivity contribution in [2.75, 3.05) is 12.3 Å². The van der Waals surface area contributed by atoms with Gasteiger partial charge in [-0.15, -0.1) is 0 Å². The van der Waals surface area contributed by atoms with E-state index in [9.17, 15) is 4.79 Å². The van der Waals surface area contributed by atoms with Gasteiger partial charge in [0.25, 0.3) is 0 Å². The van der Waals surface area contributed by atoms with Crippen molar-refractivity contribution in [2.24, 2.45) is 0 Å². The van der Waals surface area contributed by atoms with Gasteiger partial charge in [-0.3, -0.25) is 9.48 Å². The topological polar surface area (TPSA) is 72.9 Å². The molecule has 100 valence electrons. The van der Waals surface area contributed by atoms with E-state index in [1.807, 2.05) is 37.4 Å². The first kappa shape index (κ1) is 13.1. The molecule has 2 rings (SSSR count). The lowest BCUT2D eigenvalue weighted by Crippen LogP contribution is -2.23. The summed E-state index contributed by atoms with van der Waals surface area (Å²) in [6.45, 7) is 3.13. The first-order chi connectivity index (χ1) is 9.20. The highest BCUT2D eigenvalue weighted by atomic mass is 16.1. The van der Waals surface area contributed by atoms with Gasteiger partial charge in [0.05, 0.1) is 6.20 Å². The van der Waals surface area contributed by atoms with E-state index in [2.05, 4.69) is 10.4 Å². The fourth-order valence-corrected chi connectivity index (χ4v) is 1.89. The molecular weight excluding hydrogens is 240 g/mol. The van der Waals surface area contributed by atoms with E-state index in [1.165, 1.54) is 0 Å². The fourth-order valence-electron chi connectivity index (χ4n) is 1.89. The zero-order valence-electron chi connectivity index (χ0n) is 11.0. The largest absolute Gasteiger partial charge is 0.398 e. The van der Waals surface area contributed by atoms with Gasteiger partial charge in [-0.2, -0.15) is 5.10 Å². The third kappa shape index (κ3) is 3.34. The Balaban J connectivity index is 2.04. The molecule has 0 aliphatic rings. The number of anilines is 1. The molecule has 19 heavy (non-hydrogen) atoms. The quantitative estimate of drug-likeness (QED) is 0.801. The maximum Gasteiger partial charge on any atom is 0.221 e. The van der Waals surface area contributed by atoms with E-state index in [0.717, 1.165) is 16.8 Å². The second kappa shape index (κ2) is 6.04. The SMILES string of the molecule is CCNC(=O)CCn1cc(-c2ccccc2N)cn1. The second-order valence-electron chi connectivity index (χ2n) is 4.28. The molecule has 0 spiro atoms. The lowest BCUT2D eigenvalue weighted by atomic mass is 10.1. The number of aromatic nitrogens is 2. The molecule has 1 heterocycles. The van der Waals surface area contributed by atoms with Crippen molar-refractivity contribution in [1.82, 2.24) is 15.1 Å². The number of nitrogens with two attached hydrogens (primary N) is 1. The molecule has 1 aromatic heterocycles. The van der Waals surface area contributed by atoms with Gasteiger partial charge < -0.3 is 11.1 Å². The molecule has 0 fully saturated rings. The van der Waals surface area contributed by atoms with Gasteiger partial charge in [0.1, 0.15) is 0 Å². The van der Waals surface area contributed by atoms with Crippen LogP contribution in [0, 0.1) is 0 Å². The van der Waals surface area contributed by atoms with Gasteiger partial charge in [0, 0.05) is 42.5 Å². The van der Waals surface area contributed by atoms with Gasteiger partial charge in [0.2, 0.25) is 5.91 Å². The first-order valence-corrected chi connectivity index (χ1v) is 6.34. The normalized spacial score (nSPS) is 10.4. The zero-order chi connectivity index (χ0) is 13.7. The number of hydrogen-bond acceptors (Lipinski definition) is 3. The Morgan fingerprint density at radius 2 is 2.21 bits per heavy atom. The van der Waals surface area contributed by atoms with Crippen LogP contribution in [-0.2, 0) is 11.3 Å². The Kier molecular flexibility index (Phi) is 4.18. The molecule has 0 radical (unpaired) electrons. The van der Waals surface area contributed by atoms with Crippen LogP contribution >= 0.6 is 0 Å². The minimum Gasteiger partial charge on any atom is -0.398 e. The van der Waals surface area contributed by atoms with Crippen LogP contribution < -0.4 is 11.1 Å². The maximum absolute atomic E-state index is 11.4. The number of para-hydroxylation sites is 1. The van der Waals surface area contributed by atoms with E-state index < -0.39 is 0 Å². The number of hydrogen-bond donors (Lipinski definition) is 2. The summed E-state index contributed by atoms with van der Waals surface area (Å²) in [4.78, 5) is 11.4. The number of nitrogens with zero attached hydrogens (tertiary/aromatic N) is 2. The Bertz CT molecular complexity index is 562. The predicted octanol–water partition coefficient (Wildman–Crippen LogP) is 1.66. The summed E-state index contributed by atoms with van der Waals surface area (Å²) in [5.41, 5.74) is 8.58. The predicted molar refractivity (Wildman–Crippen MR) is 75.4 cm³/mol.